The van der Waals surface area contributed by atoms with Crippen molar-refractivity contribution < 1.29 is 14.5 Å². The van der Waals surface area contributed by atoms with Crippen LogP contribution in [0.15, 0.2) is 30.5 Å². The van der Waals surface area contributed by atoms with Crippen molar-refractivity contribution in [1.29, 1.82) is 0 Å². The maximum absolute atomic E-state index is 11.4. The van der Waals surface area contributed by atoms with Crippen molar-refractivity contribution in [3.63, 3.8) is 0 Å². The summed E-state index contributed by atoms with van der Waals surface area (Å²) in [6.07, 6.45) is 1.75. The SMILES string of the molecule is COC(=O)C(C)Cn1ccc2cccc([N+](=O)[O-])c21. The monoisotopic (exact) mass is 262 g/mol. The lowest BCUT2D eigenvalue weighted by Gasteiger charge is -2.11. The lowest BCUT2D eigenvalue weighted by atomic mass is 10.2. The van der Waals surface area contributed by atoms with Crippen molar-refractivity contribution >= 4 is 22.6 Å². The summed E-state index contributed by atoms with van der Waals surface area (Å²) in [6, 6.07) is 6.71. The Morgan fingerprint density at radius 1 is 1.47 bits per heavy atom. The lowest BCUT2D eigenvalue weighted by molar-refractivity contribution is -0.383. The summed E-state index contributed by atoms with van der Waals surface area (Å²) in [4.78, 5) is 22.0. The van der Waals surface area contributed by atoms with E-state index in [0.717, 1.165) is 5.39 Å². The number of hydrogen-bond acceptors (Lipinski definition) is 4. The normalized spacial score (nSPS) is 12.3. The molecule has 19 heavy (non-hydrogen) atoms. The lowest BCUT2D eigenvalue weighted by Crippen LogP contribution is -2.18. The largest absolute Gasteiger partial charge is 0.469 e. The van der Waals surface area contributed by atoms with Crippen LogP contribution in [0.2, 0.25) is 0 Å². The Labute approximate surface area is 109 Å². The molecule has 0 N–H and O–H groups in total. The van der Waals surface area contributed by atoms with Crippen LogP contribution in [-0.4, -0.2) is 22.6 Å². The number of carbonyl (C=O) groups is 1. The number of nitro benzene ring substituents is 1. The summed E-state index contributed by atoms with van der Waals surface area (Å²) in [5.74, 6) is -0.694. The second-order valence-electron chi connectivity index (χ2n) is 4.36. The van der Waals surface area contributed by atoms with E-state index in [0.29, 0.717) is 12.1 Å². The number of esters is 1. The number of non-ortho nitro benzene ring substituents is 1. The fourth-order valence-corrected chi connectivity index (χ4v) is 2.11. The van der Waals surface area contributed by atoms with Crippen molar-refractivity contribution in [3.8, 4) is 0 Å². The van der Waals surface area contributed by atoms with Crippen LogP contribution >= 0.6 is 0 Å². The van der Waals surface area contributed by atoms with E-state index >= 15 is 0 Å². The van der Waals surface area contributed by atoms with Crippen molar-refractivity contribution in [2.75, 3.05) is 7.11 Å². The Kier molecular flexibility index (Phi) is 3.50. The number of benzene rings is 1. The van der Waals surface area contributed by atoms with Crippen molar-refractivity contribution in [3.05, 3.63) is 40.6 Å². The van der Waals surface area contributed by atoms with Gasteiger partial charge in [0.05, 0.1) is 18.0 Å². The molecule has 1 atom stereocenters. The van der Waals surface area contributed by atoms with Gasteiger partial charge < -0.3 is 9.30 Å². The van der Waals surface area contributed by atoms with Gasteiger partial charge in [0.2, 0.25) is 0 Å². The predicted octanol–water partition coefficient (Wildman–Crippen LogP) is 2.36. The van der Waals surface area contributed by atoms with E-state index in [2.05, 4.69) is 4.74 Å². The number of aromatic nitrogens is 1. The summed E-state index contributed by atoms with van der Waals surface area (Å²) in [5, 5.41) is 11.8. The summed E-state index contributed by atoms with van der Waals surface area (Å²) in [5.41, 5.74) is 0.572. The minimum atomic E-state index is -0.415. The summed E-state index contributed by atoms with van der Waals surface area (Å²) >= 11 is 0. The molecule has 1 unspecified atom stereocenters. The van der Waals surface area contributed by atoms with Crippen LogP contribution in [0.4, 0.5) is 5.69 Å². The zero-order valence-corrected chi connectivity index (χ0v) is 10.7. The molecule has 0 aliphatic heterocycles. The number of methoxy groups -OCH3 is 1. The Bertz CT molecular complexity index is 633. The first-order valence-electron chi connectivity index (χ1n) is 5.84. The maximum atomic E-state index is 11.4. The fourth-order valence-electron chi connectivity index (χ4n) is 2.11. The van der Waals surface area contributed by atoms with Gasteiger partial charge in [0.25, 0.3) is 5.69 Å². The number of nitrogens with zero attached hydrogens (tertiary/aromatic N) is 2. The van der Waals surface area contributed by atoms with Crippen LogP contribution in [0, 0.1) is 16.0 Å². The number of rotatable bonds is 4. The van der Waals surface area contributed by atoms with E-state index in [9.17, 15) is 14.9 Å². The van der Waals surface area contributed by atoms with Crippen LogP contribution in [0.1, 0.15) is 6.92 Å². The molecule has 0 saturated carbocycles. The van der Waals surface area contributed by atoms with E-state index in [1.165, 1.54) is 13.2 Å². The quantitative estimate of drug-likeness (QED) is 0.481. The number of nitro groups is 1. The van der Waals surface area contributed by atoms with Gasteiger partial charge in [-0.2, -0.15) is 0 Å². The van der Waals surface area contributed by atoms with E-state index in [-0.39, 0.29) is 17.6 Å². The highest BCUT2D eigenvalue weighted by molar-refractivity contribution is 5.88. The van der Waals surface area contributed by atoms with Gasteiger partial charge >= 0.3 is 5.97 Å². The highest BCUT2D eigenvalue weighted by Crippen LogP contribution is 2.27. The molecule has 1 aromatic heterocycles. The van der Waals surface area contributed by atoms with Gasteiger partial charge in [-0.05, 0) is 6.07 Å². The molecule has 1 heterocycles. The third kappa shape index (κ3) is 2.42. The van der Waals surface area contributed by atoms with Crippen LogP contribution in [0.3, 0.4) is 0 Å². The molecular weight excluding hydrogens is 248 g/mol. The third-order valence-electron chi connectivity index (χ3n) is 3.04. The second-order valence-corrected chi connectivity index (χ2v) is 4.36. The highest BCUT2D eigenvalue weighted by Gasteiger charge is 2.19. The van der Waals surface area contributed by atoms with Crippen LogP contribution < -0.4 is 0 Å². The Hall–Kier alpha value is -2.37. The maximum Gasteiger partial charge on any atom is 0.310 e. The number of ether oxygens (including phenoxy) is 1. The van der Waals surface area contributed by atoms with E-state index in [1.807, 2.05) is 6.07 Å². The summed E-state index contributed by atoms with van der Waals surface area (Å²) < 4.78 is 6.38. The van der Waals surface area contributed by atoms with Crippen molar-refractivity contribution in [2.24, 2.45) is 5.92 Å². The van der Waals surface area contributed by atoms with Crippen LogP contribution in [-0.2, 0) is 16.1 Å². The van der Waals surface area contributed by atoms with E-state index in [4.69, 9.17) is 0 Å². The molecule has 6 nitrogen and oxygen atoms in total. The average molecular weight is 262 g/mol. The second kappa shape index (κ2) is 5.09. The molecule has 0 fully saturated rings. The topological polar surface area (TPSA) is 74.4 Å². The molecule has 0 aliphatic rings. The van der Waals surface area contributed by atoms with Gasteiger partial charge in [-0.25, -0.2) is 0 Å². The minimum Gasteiger partial charge on any atom is -0.469 e. The molecule has 6 heteroatoms. The Balaban J connectivity index is 2.44. The minimum absolute atomic E-state index is 0.0413. The van der Waals surface area contributed by atoms with Crippen LogP contribution in [0.5, 0.6) is 0 Å². The van der Waals surface area contributed by atoms with Gasteiger partial charge in [0.1, 0.15) is 5.52 Å². The predicted molar refractivity (Wildman–Crippen MR) is 69.8 cm³/mol. The molecule has 0 amide bonds. The molecular formula is C13H14N2O4. The Morgan fingerprint density at radius 3 is 2.84 bits per heavy atom. The van der Waals surface area contributed by atoms with Gasteiger partial charge in [-0.15, -0.1) is 0 Å². The number of para-hydroxylation sites is 1. The zero-order chi connectivity index (χ0) is 14.0. The van der Waals surface area contributed by atoms with Crippen LogP contribution in [0.25, 0.3) is 10.9 Å². The smallest absolute Gasteiger partial charge is 0.310 e. The molecule has 100 valence electrons. The number of hydrogen-bond donors (Lipinski definition) is 0. The van der Waals surface area contributed by atoms with Gasteiger partial charge in [-0.3, -0.25) is 14.9 Å². The summed E-state index contributed by atoms with van der Waals surface area (Å²) in [7, 11) is 1.33. The third-order valence-corrected chi connectivity index (χ3v) is 3.04. The molecule has 0 saturated heterocycles. The van der Waals surface area contributed by atoms with Gasteiger partial charge in [-0.1, -0.05) is 19.1 Å². The molecule has 2 aromatic rings. The fraction of sp³-hybridized carbons (Fsp3) is 0.308. The first-order valence-corrected chi connectivity index (χ1v) is 5.84. The van der Waals surface area contributed by atoms with Crippen molar-refractivity contribution in [2.45, 2.75) is 13.5 Å². The first kappa shape index (κ1) is 13.1. The van der Waals surface area contributed by atoms with Crippen molar-refractivity contribution in [1.82, 2.24) is 4.57 Å². The number of carbonyl (C=O) groups excluding carboxylic acids is 1. The molecule has 0 radical (unpaired) electrons. The Morgan fingerprint density at radius 2 is 2.21 bits per heavy atom. The highest BCUT2D eigenvalue weighted by atomic mass is 16.6. The van der Waals surface area contributed by atoms with Gasteiger partial charge in [0, 0.05) is 24.2 Å². The standard InChI is InChI=1S/C13H14N2O4/c1-9(13(16)19-2)8-14-7-6-10-4-3-5-11(12(10)14)15(17)18/h3-7,9H,8H2,1-2H3. The zero-order valence-electron chi connectivity index (χ0n) is 10.7. The molecule has 1 aromatic carbocycles. The van der Waals surface area contributed by atoms with E-state index < -0.39 is 4.92 Å². The molecule has 0 bridgehead atoms. The molecule has 2 rings (SSSR count). The van der Waals surface area contributed by atoms with Gasteiger partial charge in [0.15, 0.2) is 0 Å². The summed E-state index contributed by atoms with van der Waals surface area (Å²) in [6.45, 7) is 2.08. The molecule has 0 aliphatic carbocycles. The van der Waals surface area contributed by atoms with E-state index in [1.54, 1.807) is 29.8 Å². The number of fused-ring (bicyclic) bond motifs is 1. The average Bonchev–Trinajstić information content (AvgIpc) is 2.80. The first-order chi connectivity index (χ1) is 9.04. The molecule has 0 spiro atoms.